The Morgan fingerprint density at radius 1 is 1.11 bits per heavy atom. The molecule has 0 aliphatic carbocycles. The Morgan fingerprint density at radius 2 is 1.78 bits per heavy atom. The van der Waals surface area contributed by atoms with E-state index in [9.17, 15) is 17.8 Å². The van der Waals surface area contributed by atoms with Crippen LogP contribution in [0.2, 0.25) is 0 Å². The van der Waals surface area contributed by atoms with E-state index in [4.69, 9.17) is 0 Å². The molecule has 0 spiro atoms. The SMILES string of the molecule is CCCCS(=O)(=O)[O-].Cc1ccc2ccccc2c1C(=O)C[S+]1CCCC1. The fourth-order valence-corrected chi connectivity index (χ4v) is 6.06. The van der Waals surface area contributed by atoms with Crippen LogP contribution in [0.5, 0.6) is 0 Å². The van der Waals surface area contributed by atoms with E-state index in [2.05, 4.69) is 31.2 Å². The van der Waals surface area contributed by atoms with Gasteiger partial charge in [0, 0.05) is 11.3 Å². The molecule has 1 saturated heterocycles. The zero-order chi connectivity index (χ0) is 19.9. The normalized spacial score (nSPS) is 14.8. The van der Waals surface area contributed by atoms with Crippen molar-refractivity contribution in [2.75, 3.05) is 23.0 Å². The summed E-state index contributed by atoms with van der Waals surface area (Å²) in [6.45, 7) is 3.89. The van der Waals surface area contributed by atoms with Crippen molar-refractivity contribution in [3.05, 3.63) is 47.5 Å². The summed E-state index contributed by atoms with van der Waals surface area (Å²) in [4.78, 5) is 12.6. The fraction of sp³-hybridized carbons (Fsp3) is 0.476. The Balaban J connectivity index is 0.000000279. The van der Waals surface area contributed by atoms with Crippen LogP contribution in [0.3, 0.4) is 0 Å². The van der Waals surface area contributed by atoms with E-state index in [0.717, 1.165) is 28.7 Å². The van der Waals surface area contributed by atoms with E-state index in [1.165, 1.54) is 29.7 Å². The molecule has 3 rings (SSSR count). The largest absolute Gasteiger partial charge is 0.748 e. The number of Topliss-reactive ketones (excluding diaryl/α,β-unsaturated/α-hetero) is 1. The van der Waals surface area contributed by atoms with Crippen molar-refractivity contribution in [3.63, 3.8) is 0 Å². The van der Waals surface area contributed by atoms with Crippen molar-refractivity contribution in [1.29, 1.82) is 0 Å². The number of fused-ring (bicyclic) bond motifs is 1. The van der Waals surface area contributed by atoms with Crippen LogP contribution in [0.15, 0.2) is 36.4 Å². The molecule has 148 valence electrons. The molecule has 0 amide bonds. The van der Waals surface area contributed by atoms with E-state index in [1.807, 2.05) is 19.1 Å². The van der Waals surface area contributed by atoms with Crippen LogP contribution in [-0.2, 0) is 21.0 Å². The van der Waals surface area contributed by atoms with E-state index in [-0.39, 0.29) is 5.75 Å². The number of benzene rings is 2. The van der Waals surface area contributed by atoms with E-state index in [0.29, 0.717) is 23.1 Å². The van der Waals surface area contributed by atoms with Crippen LogP contribution < -0.4 is 0 Å². The molecule has 0 aromatic heterocycles. The van der Waals surface area contributed by atoms with E-state index < -0.39 is 10.1 Å². The number of rotatable bonds is 6. The molecule has 0 atom stereocenters. The quantitative estimate of drug-likeness (QED) is 0.410. The molecule has 27 heavy (non-hydrogen) atoms. The minimum Gasteiger partial charge on any atom is -0.748 e. The molecule has 1 aliphatic heterocycles. The Labute approximate surface area is 165 Å². The molecule has 2 aromatic rings. The summed E-state index contributed by atoms with van der Waals surface area (Å²) in [6, 6.07) is 12.4. The van der Waals surface area contributed by atoms with Crippen molar-refractivity contribution in [3.8, 4) is 0 Å². The lowest BCUT2D eigenvalue weighted by atomic mass is 9.97. The number of carbonyl (C=O) groups is 1. The van der Waals surface area contributed by atoms with Crippen molar-refractivity contribution in [2.45, 2.75) is 39.5 Å². The van der Waals surface area contributed by atoms with Gasteiger partial charge < -0.3 is 4.55 Å². The molecule has 1 heterocycles. The van der Waals surface area contributed by atoms with Crippen LogP contribution in [0, 0.1) is 6.92 Å². The maximum Gasteiger partial charge on any atom is 0.212 e. The lowest BCUT2D eigenvalue weighted by molar-refractivity contribution is 0.102. The predicted molar refractivity (Wildman–Crippen MR) is 114 cm³/mol. The average molecular weight is 409 g/mol. The van der Waals surface area contributed by atoms with Gasteiger partial charge in [0.15, 0.2) is 5.75 Å². The molecule has 6 heteroatoms. The summed E-state index contributed by atoms with van der Waals surface area (Å²) < 4.78 is 29.5. The summed E-state index contributed by atoms with van der Waals surface area (Å²) in [5, 5.41) is 2.29. The number of hydrogen-bond donors (Lipinski definition) is 0. The summed E-state index contributed by atoms with van der Waals surface area (Å²) in [5.41, 5.74) is 2.07. The van der Waals surface area contributed by atoms with Gasteiger partial charge in [0.05, 0.1) is 10.1 Å². The van der Waals surface area contributed by atoms with E-state index >= 15 is 0 Å². The number of unbranched alkanes of at least 4 members (excludes halogenated alkanes) is 1. The first-order valence-electron chi connectivity index (χ1n) is 9.41. The second kappa shape index (κ2) is 10.2. The number of carbonyl (C=O) groups excluding carboxylic acids is 1. The van der Waals surface area contributed by atoms with Crippen LogP contribution in [0.4, 0.5) is 0 Å². The van der Waals surface area contributed by atoms with Crippen molar-refractivity contribution in [2.24, 2.45) is 0 Å². The molecular formula is C21H28O4S2. The molecule has 4 nitrogen and oxygen atoms in total. The Kier molecular flexibility index (Phi) is 8.32. The number of aryl methyl sites for hydroxylation is 1. The summed E-state index contributed by atoms with van der Waals surface area (Å²) >= 11 is 0. The van der Waals surface area contributed by atoms with Gasteiger partial charge in [0.1, 0.15) is 11.5 Å². The lowest BCUT2D eigenvalue weighted by Crippen LogP contribution is -2.19. The molecule has 0 radical (unpaired) electrons. The first-order chi connectivity index (χ1) is 12.8. The van der Waals surface area contributed by atoms with Gasteiger partial charge in [-0.3, -0.25) is 4.79 Å². The van der Waals surface area contributed by atoms with Gasteiger partial charge in [0.25, 0.3) is 0 Å². The Bertz CT molecular complexity index is 869. The van der Waals surface area contributed by atoms with Gasteiger partial charge in [-0.2, -0.15) is 0 Å². The monoisotopic (exact) mass is 408 g/mol. The van der Waals surface area contributed by atoms with Crippen molar-refractivity contribution >= 4 is 37.6 Å². The third kappa shape index (κ3) is 6.94. The molecule has 0 saturated carbocycles. The summed E-state index contributed by atoms with van der Waals surface area (Å²) in [5.74, 6) is 3.41. The standard InChI is InChI=1S/C17H19OS.C4H10O3S/c1-13-8-9-14-6-2-3-7-15(14)17(13)16(18)12-19-10-4-5-11-19;1-2-3-4-8(5,6)7/h2-3,6-9H,4-5,10-12H2,1H3;2-4H2,1H3,(H,5,6,7)/q+1;/p-1. The minimum atomic E-state index is -3.94. The topological polar surface area (TPSA) is 74.3 Å². The second-order valence-corrected chi connectivity index (χ2v) is 10.7. The maximum absolute atomic E-state index is 12.6. The Morgan fingerprint density at radius 3 is 2.37 bits per heavy atom. The highest BCUT2D eigenvalue weighted by Gasteiger charge is 2.28. The Hall–Kier alpha value is -1.37. The molecule has 2 aromatic carbocycles. The highest BCUT2D eigenvalue weighted by Crippen LogP contribution is 2.24. The van der Waals surface area contributed by atoms with Gasteiger partial charge in [-0.15, -0.1) is 0 Å². The average Bonchev–Trinajstić information content (AvgIpc) is 3.12. The van der Waals surface area contributed by atoms with Crippen LogP contribution >= 0.6 is 0 Å². The van der Waals surface area contributed by atoms with Gasteiger partial charge in [-0.1, -0.05) is 49.7 Å². The summed E-state index contributed by atoms with van der Waals surface area (Å²) in [6.07, 6.45) is 3.85. The van der Waals surface area contributed by atoms with Gasteiger partial charge in [-0.25, -0.2) is 8.42 Å². The smallest absolute Gasteiger partial charge is 0.212 e. The highest BCUT2D eigenvalue weighted by molar-refractivity contribution is 7.97. The van der Waals surface area contributed by atoms with Gasteiger partial charge in [0.2, 0.25) is 5.78 Å². The first-order valence-corrected chi connectivity index (χ1v) is 12.7. The maximum atomic E-state index is 12.6. The summed E-state index contributed by atoms with van der Waals surface area (Å²) in [7, 11) is -3.59. The van der Waals surface area contributed by atoms with Gasteiger partial charge in [-0.05, 0) is 53.4 Å². The highest BCUT2D eigenvalue weighted by atomic mass is 32.2. The fourth-order valence-electron chi connectivity index (χ4n) is 3.19. The zero-order valence-corrected chi connectivity index (χ0v) is 17.7. The molecule has 0 N–H and O–H groups in total. The number of hydrogen-bond acceptors (Lipinski definition) is 4. The van der Waals surface area contributed by atoms with Crippen molar-refractivity contribution in [1.82, 2.24) is 0 Å². The van der Waals surface area contributed by atoms with Crippen LogP contribution in [-0.4, -0.2) is 41.8 Å². The van der Waals surface area contributed by atoms with Crippen LogP contribution in [0.1, 0.15) is 48.5 Å². The zero-order valence-electron chi connectivity index (χ0n) is 16.1. The second-order valence-electron chi connectivity index (χ2n) is 6.89. The van der Waals surface area contributed by atoms with Crippen molar-refractivity contribution < 1.29 is 17.8 Å². The third-order valence-corrected chi connectivity index (χ3v) is 7.81. The first kappa shape index (κ1) is 21.9. The van der Waals surface area contributed by atoms with Crippen LogP contribution in [0.25, 0.3) is 10.8 Å². The lowest BCUT2D eigenvalue weighted by Gasteiger charge is -2.09. The predicted octanol–water partition coefficient (Wildman–Crippen LogP) is 4.07. The molecule has 0 bridgehead atoms. The molecule has 0 unspecified atom stereocenters. The molecule has 1 aliphatic rings. The molecule has 1 fully saturated rings. The molecular weight excluding hydrogens is 380 g/mol. The number of ketones is 1. The van der Waals surface area contributed by atoms with Gasteiger partial charge >= 0.3 is 0 Å². The minimum absolute atomic E-state index is 0.219. The third-order valence-electron chi connectivity index (χ3n) is 4.62. The van der Waals surface area contributed by atoms with E-state index in [1.54, 1.807) is 0 Å².